The lowest BCUT2D eigenvalue weighted by atomic mass is 9.91. The number of fused-ring (bicyclic) bond motifs is 2. The Morgan fingerprint density at radius 1 is 1.12 bits per heavy atom. The van der Waals surface area contributed by atoms with Crippen LogP contribution in [0.25, 0.3) is 21.3 Å². The first-order valence-corrected chi connectivity index (χ1v) is 18.0. The maximum absolute atomic E-state index is 12.6. The standard InChI is InChI=1S/C31H38ClN5O5S.C3H8O.C3H6/c1-30(2,3)41-28(39)34-36(18-38)17-22-14-25-27(43-22)23(9-10-33-25)24-13-20(32)12-19-8-7-11-37(26(19)24)21-15-35(16-21)29(40)42-31(4,5)6;1-3-4-2;1-3-2/h9-10,12-14,18,21H,7-8,11,15-17H2,1-6H3,(H,34,39);3H2,1-2H3;3H,1H2,2H3. The van der Waals surface area contributed by atoms with Crippen LogP contribution in [0.5, 0.6) is 0 Å². The molecule has 0 spiro atoms. The largest absolute Gasteiger partial charge is 0.444 e. The number of likely N-dealkylation sites (tertiary alicyclic amines) is 1. The van der Waals surface area contributed by atoms with E-state index in [-0.39, 0.29) is 18.7 Å². The molecule has 50 heavy (non-hydrogen) atoms. The van der Waals surface area contributed by atoms with Gasteiger partial charge in [-0.25, -0.2) is 20.0 Å². The van der Waals surface area contributed by atoms with Crippen molar-refractivity contribution in [1.29, 1.82) is 0 Å². The minimum atomic E-state index is -0.702. The normalized spacial score (nSPS) is 14.2. The number of rotatable bonds is 7. The van der Waals surface area contributed by atoms with Gasteiger partial charge < -0.3 is 24.0 Å². The van der Waals surface area contributed by atoms with Crippen molar-refractivity contribution < 1.29 is 28.6 Å². The number of aromatic nitrogens is 1. The maximum Gasteiger partial charge on any atom is 0.426 e. The van der Waals surface area contributed by atoms with Crippen LogP contribution in [0.2, 0.25) is 5.02 Å². The fourth-order valence-corrected chi connectivity index (χ4v) is 6.78. The van der Waals surface area contributed by atoms with E-state index in [2.05, 4.69) is 26.6 Å². The summed E-state index contributed by atoms with van der Waals surface area (Å²) >= 11 is 8.19. The molecular weight excluding hydrogens is 678 g/mol. The molecule has 2 aliphatic heterocycles. The van der Waals surface area contributed by atoms with Crippen LogP contribution in [0.3, 0.4) is 0 Å². The SMILES string of the molecule is C=CC.CC(C)(C)OC(=O)NN(C=O)Cc1cc2nccc(-c3cc(Cl)cc4c3N(C3CN(C(=O)OC(C)(C)C)C3)CCC4)c2s1.CCOC. The van der Waals surface area contributed by atoms with Crippen LogP contribution >= 0.6 is 22.9 Å². The maximum atomic E-state index is 12.6. The van der Waals surface area contributed by atoms with Crippen molar-refractivity contribution in [2.45, 2.75) is 92.0 Å². The van der Waals surface area contributed by atoms with Crippen molar-refractivity contribution in [1.82, 2.24) is 20.3 Å². The predicted octanol–water partition coefficient (Wildman–Crippen LogP) is 8.23. The number of thiophene rings is 1. The minimum Gasteiger partial charge on any atom is -0.444 e. The molecule has 3 aromatic rings. The molecule has 1 fully saturated rings. The van der Waals surface area contributed by atoms with Crippen LogP contribution in [0.1, 0.15) is 72.3 Å². The van der Waals surface area contributed by atoms with Crippen LogP contribution in [0, 0.1) is 0 Å². The molecule has 2 aromatic heterocycles. The van der Waals surface area contributed by atoms with Crippen molar-refractivity contribution in [3.8, 4) is 11.1 Å². The number of benzene rings is 1. The van der Waals surface area contributed by atoms with Gasteiger partial charge in [-0.15, -0.1) is 17.9 Å². The summed E-state index contributed by atoms with van der Waals surface area (Å²) in [6, 6.07) is 8.13. The molecule has 0 radical (unpaired) electrons. The van der Waals surface area contributed by atoms with E-state index in [0.29, 0.717) is 24.5 Å². The number of hydrogen-bond donors (Lipinski definition) is 1. The van der Waals surface area contributed by atoms with Gasteiger partial charge in [0.05, 0.1) is 22.8 Å². The predicted molar refractivity (Wildman–Crippen MR) is 202 cm³/mol. The molecule has 1 aromatic carbocycles. The first-order valence-electron chi connectivity index (χ1n) is 16.8. The molecule has 5 rings (SSSR count). The van der Waals surface area contributed by atoms with Crippen molar-refractivity contribution in [2.75, 3.05) is 38.3 Å². The molecule has 11 nitrogen and oxygen atoms in total. The van der Waals surface area contributed by atoms with E-state index in [4.69, 9.17) is 21.1 Å². The number of carbonyl (C=O) groups excluding carboxylic acids is 3. The zero-order valence-corrected chi connectivity index (χ0v) is 32.4. The van der Waals surface area contributed by atoms with Gasteiger partial charge in [-0.3, -0.25) is 9.78 Å². The zero-order valence-electron chi connectivity index (χ0n) is 30.8. The van der Waals surface area contributed by atoms with E-state index in [0.717, 1.165) is 62.9 Å². The topological polar surface area (TPSA) is 114 Å². The highest BCUT2D eigenvalue weighted by Crippen LogP contribution is 2.45. The van der Waals surface area contributed by atoms with Gasteiger partial charge in [-0.2, -0.15) is 0 Å². The van der Waals surface area contributed by atoms with Crippen LogP contribution in [0.15, 0.2) is 43.1 Å². The number of nitrogens with one attached hydrogen (secondary N) is 1. The lowest BCUT2D eigenvalue weighted by molar-refractivity contribution is -0.121. The number of halogens is 1. The smallest absolute Gasteiger partial charge is 0.426 e. The monoisotopic (exact) mass is 729 g/mol. The molecule has 274 valence electrons. The highest BCUT2D eigenvalue weighted by molar-refractivity contribution is 7.19. The number of methoxy groups -OCH3 is 1. The minimum absolute atomic E-state index is 0.158. The van der Waals surface area contributed by atoms with Gasteiger partial charge in [0.15, 0.2) is 0 Å². The van der Waals surface area contributed by atoms with Crippen LogP contribution < -0.4 is 10.3 Å². The quantitative estimate of drug-likeness (QED) is 0.147. The summed E-state index contributed by atoms with van der Waals surface area (Å²) < 4.78 is 16.4. The van der Waals surface area contributed by atoms with Gasteiger partial charge in [0.25, 0.3) is 0 Å². The summed E-state index contributed by atoms with van der Waals surface area (Å²) in [5.74, 6) is 0. The Morgan fingerprint density at radius 3 is 2.34 bits per heavy atom. The third-order valence-electron chi connectivity index (χ3n) is 7.37. The highest BCUT2D eigenvalue weighted by atomic mass is 35.5. The van der Waals surface area contributed by atoms with Gasteiger partial charge in [0.2, 0.25) is 6.41 Å². The number of ether oxygens (including phenoxy) is 3. The third kappa shape index (κ3) is 11.3. The number of hydrogen-bond acceptors (Lipinski definition) is 9. The fourth-order valence-electron chi connectivity index (χ4n) is 5.40. The lowest BCUT2D eigenvalue weighted by Gasteiger charge is -2.48. The molecule has 0 bridgehead atoms. The molecule has 0 unspecified atom stereocenters. The molecule has 2 aliphatic rings. The Hall–Kier alpha value is -3.87. The molecule has 1 saturated heterocycles. The molecule has 0 aliphatic carbocycles. The zero-order chi connectivity index (χ0) is 37.2. The number of hydrazine groups is 1. The third-order valence-corrected chi connectivity index (χ3v) is 8.73. The average molecular weight is 730 g/mol. The Bertz CT molecular complexity index is 1620. The molecule has 4 heterocycles. The highest BCUT2D eigenvalue weighted by Gasteiger charge is 2.39. The van der Waals surface area contributed by atoms with E-state index in [1.807, 2.05) is 58.9 Å². The van der Waals surface area contributed by atoms with E-state index < -0.39 is 17.3 Å². The van der Waals surface area contributed by atoms with E-state index in [9.17, 15) is 14.4 Å². The van der Waals surface area contributed by atoms with E-state index in [1.165, 1.54) is 16.9 Å². The second kappa shape index (κ2) is 17.9. The lowest BCUT2D eigenvalue weighted by Crippen LogP contribution is -2.62. The Balaban J connectivity index is 0.000000887. The molecule has 0 atom stereocenters. The Kier molecular flexibility index (Phi) is 14.5. The van der Waals surface area contributed by atoms with Gasteiger partial charge in [0.1, 0.15) is 11.2 Å². The van der Waals surface area contributed by atoms with Crippen molar-refractivity contribution in [3.63, 3.8) is 0 Å². The van der Waals surface area contributed by atoms with Crippen molar-refractivity contribution >= 4 is 57.4 Å². The van der Waals surface area contributed by atoms with Crippen LogP contribution in [0.4, 0.5) is 15.3 Å². The molecule has 13 heteroatoms. The van der Waals surface area contributed by atoms with Gasteiger partial charge in [-0.05, 0) is 98.1 Å². The summed E-state index contributed by atoms with van der Waals surface area (Å²) in [6.07, 6.45) is 5.01. The van der Waals surface area contributed by atoms with Crippen molar-refractivity contribution in [2.24, 2.45) is 0 Å². The van der Waals surface area contributed by atoms with E-state index in [1.54, 1.807) is 45.1 Å². The Labute approximate surface area is 305 Å². The summed E-state index contributed by atoms with van der Waals surface area (Å²) in [6.45, 7) is 21.2. The van der Waals surface area contributed by atoms with E-state index >= 15 is 0 Å². The van der Waals surface area contributed by atoms with Gasteiger partial charge in [0, 0.05) is 66.3 Å². The molecule has 0 saturated carbocycles. The summed E-state index contributed by atoms with van der Waals surface area (Å²) in [5.41, 5.74) is 6.38. The van der Waals surface area contributed by atoms with Crippen LogP contribution in [-0.4, -0.2) is 84.1 Å². The fraction of sp³-hybridized carbons (Fsp3) is 0.514. The Morgan fingerprint density at radius 2 is 1.76 bits per heavy atom. The first kappa shape index (κ1) is 40.6. The number of carbonyl (C=O) groups is 3. The summed E-state index contributed by atoms with van der Waals surface area (Å²) in [5, 5.41) is 1.82. The van der Waals surface area contributed by atoms with Crippen molar-refractivity contribution in [3.05, 3.63) is 58.6 Å². The summed E-state index contributed by atoms with van der Waals surface area (Å²) in [7, 11) is 1.68. The second-order valence-electron chi connectivity index (χ2n) is 13.9. The number of anilines is 1. The number of amides is 3. The number of nitrogens with zero attached hydrogens (tertiary/aromatic N) is 4. The van der Waals surface area contributed by atoms with Crippen LogP contribution in [-0.2, 0) is 32.0 Å². The summed E-state index contributed by atoms with van der Waals surface area (Å²) in [4.78, 5) is 46.2. The van der Waals surface area contributed by atoms with Gasteiger partial charge in [-0.1, -0.05) is 17.7 Å². The molecule has 1 N–H and O–H groups in total. The second-order valence-corrected chi connectivity index (χ2v) is 15.5. The average Bonchev–Trinajstić information content (AvgIpc) is 3.41. The number of allylic oxidation sites excluding steroid dienone is 1. The number of pyridine rings is 1. The van der Waals surface area contributed by atoms with Gasteiger partial charge >= 0.3 is 12.2 Å². The number of aryl methyl sites for hydroxylation is 1. The molecular formula is C37H52ClN5O6S. The first-order chi connectivity index (χ1) is 23.5. The molecule has 3 amide bonds.